The van der Waals surface area contributed by atoms with E-state index in [1.54, 1.807) is 74.5 Å². The molecule has 0 bridgehead atoms. The molecule has 0 saturated carbocycles. The first kappa shape index (κ1) is 27.5. The van der Waals surface area contributed by atoms with Crippen molar-refractivity contribution < 1.29 is 46.9 Å². The Hall–Kier alpha value is -3.04. The van der Waals surface area contributed by atoms with Gasteiger partial charge in [-0.15, -0.1) is 0 Å². The van der Waals surface area contributed by atoms with E-state index in [9.17, 15) is 18.9 Å². The van der Waals surface area contributed by atoms with E-state index in [2.05, 4.69) is 0 Å². The molecule has 11 heteroatoms. The van der Waals surface area contributed by atoms with E-state index in [0.717, 1.165) is 6.92 Å². The summed E-state index contributed by atoms with van der Waals surface area (Å²) in [5, 5.41) is 0. The predicted octanol–water partition coefficient (Wildman–Crippen LogP) is 3.99. The van der Waals surface area contributed by atoms with Crippen LogP contribution in [0.2, 0.25) is 0 Å². The lowest BCUT2D eigenvalue weighted by Crippen LogP contribution is -2.42. The van der Waals surface area contributed by atoms with Gasteiger partial charge in [-0.3, -0.25) is 9.36 Å². The molecule has 2 aromatic rings. The SMILES string of the molecule is CCOP(=O)(C[C@H]1O[C@H](OC(C)=O)[C@H](OC(=O)c2ccccc2)[C@@H]1OC(=O)c1ccccc1)OCC. The van der Waals surface area contributed by atoms with E-state index < -0.39 is 50.1 Å². The van der Waals surface area contributed by atoms with Crippen molar-refractivity contribution in [1.82, 2.24) is 0 Å². The predicted molar refractivity (Wildman–Crippen MR) is 127 cm³/mol. The van der Waals surface area contributed by atoms with Crippen molar-refractivity contribution >= 4 is 25.5 Å². The average molecular weight is 520 g/mol. The molecule has 0 unspecified atom stereocenters. The van der Waals surface area contributed by atoms with Crippen molar-refractivity contribution in [2.45, 2.75) is 45.4 Å². The number of esters is 3. The van der Waals surface area contributed by atoms with Crippen molar-refractivity contribution in [3.63, 3.8) is 0 Å². The summed E-state index contributed by atoms with van der Waals surface area (Å²) in [4.78, 5) is 37.6. The minimum absolute atomic E-state index is 0.0955. The van der Waals surface area contributed by atoms with Gasteiger partial charge >= 0.3 is 25.5 Å². The Labute approximate surface area is 209 Å². The summed E-state index contributed by atoms with van der Waals surface area (Å²) in [5.74, 6) is -2.20. The minimum Gasteiger partial charge on any atom is -0.452 e. The average Bonchev–Trinajstić information content (AvgIpc) is 3.14. The molecule has 0 amide bonds. The van der Waals surface area contributed by atoms with Crippen LogP contribution in [0.4, 0.5) is 0 Å². The summed E-state index contributed by atoms with van der Waals surface area (Å²) in [5.41, 5.74) is 0.461. The molecule has 1 heterocycles. The monoisotopic (exact) mass is 520 g/mol. The molecular formula is C25H29O10P. The first-order valence-electron chi connectivity index (χ1n) is 11.5. The van der Waals surface area contributed by atoms with Crippen LogP contribution in [0.15, 0.2) is 60.7 Å². The van der Waals surface area contributed by atoms with E-state index in [1.165, 1.54) is 0 Å². The standard InChI is InChI=1S/C25H29O10P/c1-4-30-36(29,31-5-2)16-20-21(34-23(27)18-12-8-6-9-13-18)22(25(33-20)32-17(3)26)35-24(28)19-14-10-7-11-15-19/h6-15,20-22,25H,4-5,16H2,1-3H3/t20-,21-,22-,25+/m1/s1. The summed E-state index contributed by atoms with van der Waals surface area (Å²) in [6.45, 7) is 4.65. The molecule has 1 fully saturated rings. The Bertz CT molecular complexity index is 1060. The minimum atomic E-state index is -3.70. The maximum Gasteiger partial charge on any atom is 0.338 e. The fraction of sp³-hybridized carbons (Fsp3) is 0.400. The number of hydrogen-bond donors (Lipinski definition) is 0. The molecule has 1 aliphatic heterocycles. The Morgan fingerprint density at radius 2 is 1.25 bits per heavy atom. The number of ether oxygens (including phenoxy) is 4. The lowest BCUT2D eigenvalue weighted by molar-refractivity contribution is -0.185. The van der Waals surface area contributed by atoms with E-state index in [-0.39, 0.29) is 30.5 Å². The third kappa shape index (κ3) is 7.24. The zero-order chi connectivity index (χ0) is 26.1. The Morgan fingerprint density at radius 1 is 0.778 bits per heavy atom. The Balaban J connectivity index is 1.95. The molecule has 3 rings (SSSR count). The Kier molecular flexibility index (Phi) is 9.78. The number of rotatable bonds is 11. The van der Waals surface area contributed by atoms with E-state index in [4.69, 9.17) is 28.0 Å². The van der Waals surface area contributed by atoms with Gasteiger partial charge in [0.25, 0.3) is 0 Å². The molecule has 10 nitrogen and oxygen atoms in total. The van der Waals surface area contributed by atoms with Gasteiger partial charge in [0.05, 0.1) is 30.5 Å². The zero-order valence-corrected chi connectivity index (χ0v) is 21.1. The molecule has 2 aromatic carbocycles. The van der Waals surface area contributed by atoms with Crippen LogP contribution >= 0.6 is 7.60 Å². The van der Waals surface area contributed by atoms with E-state index in [0.29, 0.717) is 0 Å². The van der Waals surface area contributed by atoms with Crippen LogP contribution in [0.1, 0.15) is 41.5 Å². The second-order valence-electron chi connectivity index (χ2n) is 7.75. The number of carbonyl (C=O) groups excluding carboxylic acids is 3. The third-order valence-electron chi connectivity index (χ3n) is 5.11. The molecule has 0 N–H and O–H groups in total. The van der Waals surface area contributed by atoms with Crippen LogP contribution in [0.25, 0.3) is 0 Å². The molecule has 0 spiro atoms. The van der Waals surface area contributed by atoms with Crippen LogP contribution in [-0.4, -0.2) is 61.9 Å². The summed E-state index contributed by atoms with van der Waals surface area (Å²) in [7, 11) is -3.70. The molecule has 0 aromatic heterocycles. The second kappa shape index (κ2) is 12.8. The van der Waals surface area contributed by atoms with Crippen LogP contribution in [0, 0.1) is 0 Å². The van der Waals surface area contributed by atoms with Gasteiger partial charge < -0.3 is 28.0 Å². The maximum atomic E-state index is 13.3. The quantitative estimate of drug-likeness (QED) is 0.244. The Morgan fingerprint density at radius 3 is 1.69 bits per heavy atom. The smallest absolute Gasteiger partial charge is 0.338 e. The van der Waals surface area contributed by atoms with Crippen LogP contribution in [-0.2, 0) is 37.4 Å². The van der Waals surface area contributed by atoms with E-state index in [1.807, 2.05) is 0 Å². The van der Waals surface area contributed by atoms with Gasteiger partial charge in [0.15, 0.2) is 6.10 Å². The molecule has 1 aliphatic rings. The lowest BCUT2D eigenvalue weighted by atomic mass is 10.1. The highest BCUT2D eigenvalue weighted by atomic mass is 31.2. The van der Waals surface area contributed by atoms with Gasteiger partial charge in [-0.1, -0.05) is 36.4 Å². The van der Waals surface area contributed by atoms with Crippen molar-refractivity contribution in [2.24, 2.45) is 0 Å². The van der Waals surface area contributed by atoms with Crippen molar-refractivity contribution in [2.75, 3.05) is 19.4 Å². The zero-order valence-electron chi connectivity index (χ0n) is 20.2. The summed E-state index contributed by atoms with van der Waals surface area (Å²) in [6, 6.07) is 16.3. The topological polar surface area (TPSA) is 124 Å². The van der Waals surface area contributed by atoms with Crippen molar-refractivity contribution in [3.8, 4) is 0 Å². The van der Waals surface area contributed by atoms with Crippen LogP contribution in [0.3, 0.4) is 0 Å². The van der Waals surface area contributed by atoms with Gasteiger partial charge in [0.1, 0.15) is 6.10 Å². The molecule has 4 atom stereocenters. The molecule has 1 saturated heterocycles. The normalized spacial score (nSPS) is 21.5. The first-order chi connectivity index (χ1) is 17.3. The number of hydrogen-bond acceptors (Lipinski definition) is 10. The highest BCUT2D eigenvalue weighted by molar-refractivity contribution is 7.53. The third-order valence-corrected chi connectivity index (χ3v) is 7.22. The number of carbonyl (C=O) groups is 3. The lowest BCUT2D eigenvalue weighted by Gasteiger charge is -2.25. The molecular weight excluding hydrogens is 491 g/mol. The second-order valence-corrected chi connectivity index (χ2v) is 9.86. The highest BCUT2D eigenvalue weighted by Crippen LogP contribution is 2.51. The van der Waals surface area contributed by atoms with Crippen LogP contribution < -0.4 is 0 Å². The van der Waals surface area contributed by atoms with Crippen molar-refractivity contribution in [1.29, 1.82) is 0 Å². The van der Waals surface area contributed by atoms with Crippen LogP contribution in [0.5, 0.6) is 0 Å². The molecule has 36 heavy (non-hydrogen) atoms. The largest absolute Gasteiger partial charge is 0.452 e. The molecule has 194 valence electrons. The summed E-state index contributed by atoms with van der Waals surface area (Å²) < 4.78 is 46.4. The summed E-state index contributed by atoms with van der Waals surface area (Å²) in [6.07, 6.45) is -5.54. The highest BCUT2D eigenvalue weighted by Gasteiger charge is 2.54. The van der Waals surface area contributed by atoms with Gasteiger partial charge in [0.2, 0.25) is 12.4 Å². The fourth-order valence-electron chi connectivity index (χ4n) is 3.65. The van der Waals surface area contributed by atoms with Gasteiger partial charge in [0, 0.05) is 6.92 Å². The fourth-order valence-corrected chi connectivity index (χ4v) is 5.46. The van der Waals surface area contributed by atoms with E-state index >= 15 is 0 Å². The van der Waals surface area contributed by atoms with Gasteiger partial charge in [-0.05, 0) is 38.1 Å². The summed E-state index contributed by atoms with van der Waals surface area (Å²) >= 11 is 0. The molecule has 0 aliphatic carbocycles. The first-order valence-corrected chi connectivity index (χ1v) is 13.2. The number of benzene rings is 2. The van der Waals surface area contributed by atoms with Gasteiger partial charge in [-0.2, -0.15) is 0 Å². The molecule has 0 radical (unpaired) electrons. The maximum absolute atomic E-state index is 13.3. The van der Waals surface area contributed by atoms with Crippen molar-refractivity contribution in [3.05, 3.63) is 71.8 Å². The van der Waals surface area contributed by atoms with Gasteiger partial charge in [-0.25, -0.2) is 9.59 Å².